The summed E-state index contributed by atoms with van der Waals surface area (Å²) >= 11 is 0. The van der Waals surface area contributed by atoms with Crippen molar-refractivity contribution in [3.05, 3.63) is 63.7 Å². The zero-order valence-electron chi connectivity index (χ0n) is 21.3. The third kappa shape index (κ3) is 5.99. The molecule has 31 heavy (non-hydrogen) atoms. The van der Waals surface area contributed by atoms with Gasteiger partial charge in [-0.1, -0.05) is 99.6 Å². The van der Waals surface area contributed by atoms with E-state index in [1.165, 1.54) is 22.3 Å². The number of carbonyl (C=O) groups is 1. The van der Waals surface area contributed by atoms with Crippen LogP contribution in [0, 0.1) is 0 Å². The van der Waals surface area contributed by atoms with Gasteiger partial charge < -0.3 is 4.74 Å². The smallest absolute Gasteiger partial charge is 0.200 e. The van der Waals surface area contributed by atoms with Crippen molar-refractivity contribution in [3.63, 3.8) is 0 Å². The first-order valence-corrected chi connectivity index (χ1v) is 11.9. The average molecular weight is 423 g/mol. The van der Waals surface area contributed by atoms with Crippen molar-refractivity contribution < 1.29 is 9.53 Å². The van der Waals surface area contributed by atoms with Crippen LogP contribution in [0.3, 0.4) is 0 Å². The highest BCUT2D eigenvalue weighted by Crippen LogP contribution is 2.38. The zero-order valence-corrected chi connectivity index (χ0v) is 21.3. The molecule has 0 N–H and O–H groups in total. The van der Waals surface area contributed by atoms with Crippen LogP contribution < -0.4 is 4.74 Å². The normalized spacial score (nSPS) is 12.0. The molecule has 0 saturated heterocycles. The number of ether oxygens (including phenoxy) is 1. The SMILES string of the molecule is CC(C)c1ccc(C(=O)COc2c(C(C)C)cc(C(C)C)cc2C(C)C)c(C(C)C)c1. The predicted molar refractivity (Wildman–Crippen MR) is 133 cm³/mol. The van der Waals surface area contributed by atoms with E-state index in [1.807, 2.05) is 6.07 Å². The maximum atomic E-state index is 13.2. The Morgan fingerprint density at radius 1 is 0.645 bits per heavy atom. The summed E-state index contributed by atoms with van der Waals surface area (Å²) in [5.41, 5.74) is 6.90. The van der Waals surface area contributed by atoms with Crippen LogP contribution in [-0.4, -0.2) is 12.4 Å². The maximum Gasteiger partial charge on any atom is 0.200 e. The number of hydrogen-bond donors (Lipinski definition) is 0. The van der Waals surface area contributed by atoms with Crippen molar-refractivity contribution in [2.24, 2.45) is 0 Å². The molecular weight excluding hydrogens is 380 g/mol. The van der Waals surface area contributed by atoms with Crippen molar-refractivity contribution in [2.75, 3.05) is 6.61 Å². The van der Waals surface area contributed by atoms with Crippen LogP contribution in [-0.2, 0) is 0 Å². The minimum Gasteiger partial charge on any atom is -0.485 e. The van der Waals surface area contributed by atoms with Gasteiger partial charge in [-0.05, 0) is 57.4 Å². The third-order valence-corrected chi connectivity index (χ3v) is 6.09. The molecule has 2 aromatic carbocycles. The van der Waals surface area contributed by atoms with Crippen molar-refractivity contribution in [1.29, 1.82) is 0 Å². The maximum absolute atomic E-state index is 13.2. The van der Waals surface area contributed by atoms with E-state index in [4.69, 9.17) is 4.74 Å². The second-order valence-electron chi connectivity index (χ2n) is 10.4. The zero-order chi connectivity index (χ0) is 23.5. The Balaban J connectivity index is 2.41. The Morgan fingerprint density at radius 3 is 1.52 bits per heavy atom. The summed E-state index contributed by atoms with van der Waals surface area (Å²) in [5, 5.41) is 0. The number of ketones is 1. The Morgan fingerprint density at radius 2 is 1.10 bits per heavy atom. The van der Waals surface area contributed by atoms with Crippen molar-refractivity contribution in [2.45, 2.75) is 98.8 Å². The van der Waals surface area contributed by atoms with E-state index in [-0.39, 0.29) is 12.4 Å². The second-order valence-corrected chi connectivity index (χ2v) is 10.4. The first-order valence-electron chi connectivity index (χ1n) is 11.9. The van der Waals surface area contributed by atoms with Crippen LogP contribution >= 0.6 is 0 Å². The molecule has 2 rings (SSSR count). The molecule has 0 amide bonds. The van der Waals surface area contributed by atoms with Gasteiger partial charge in [-0.2, -0.15) is 0 Å². The van der Waals surface area contributed by atoms with Gasteiger partial charge in [0.1, 0.15) is 5.75 Å². The van der Waals surface area contributed by atoms with E-state index >= 15 is 0 Å². The summed E-state index contributed by atoms with van der Waals surface area (Å²) in [7, 11) is 0. The molecule has 2 aromatic rings. The summed E-state index contributed by atoms with van der Waals surface area (Å²) in [6.07, 6.45) is 0. The molecule has 0 aromatic heterocycles. The minimum absolute atomic E-state index is 0.0522. The number of hydrogen-bond acceptors (Lipinski definition) is 2. The fraction of sp³-hybridized carbons (Fsp3) is 0.552. The monoisotopic (exact) mass is 422 g/mol. The lowest BCUT2D eigenvalue weighted by Crippen LogP contribution is -2.17. The molecule has 0 aliphatic heterocycles. The average Bonchev–Trinajstić information content (AvgIpc) is 2.70. The molecule has 0 unspecified atom stereocenters. The Labute approximate surface area is 190 Å². The highest BCUT2D eigenvalue weighted by Gasteiger charge is 2.21. The van der Waals surface area contributed by atoms with E-state index in [0.29, 0.717) is 29.6 Å². The number of rotatable bonds is 9. The largest absolute Gasteiger partial charge is 0.485 e. The molecule has 0 radical (unpaired) electrons. The van der Waals surface area contributed by atoms with Gasteiger partial charge in [-0.25, -0.2) is 0 Å². The Bertz CT molecular complexity index is 872. The van der Waals surface area contributed by atoms with Gasteiger partial charge in [-0.3, -0.25) is 4.79 Å². The molecule has 0 aliphatic carbocycles. The first-order chi connectivity index (χ1) is 14.4. The van der Waals surface area contributed by atoms with Gasteiger partial charge in [0.25, 0.3) is 0 Å². The first kappa shape index (κ1) is 25.2. The number of carbonyl (C=O) groups excluding carboxylic acids is 1. The second kappa shape index (κ2) is 10.5. The fourth-order valence-corrected chi connectivity index (χ4v) is 3.94. The van der Waals surface area contributed by atoms with E-state index in [2.05, 4.69) is 93.5 Å². The van der Waals surface area contributed by atoms with E-state index < -0.39 is 0 Å². The highest BCUT2D eigenvalue weighted by molar-refractivity contribution is 5.99. The van der Waals surface area contributed by atoms with Crippen molar-refractivity contribution >= 4 is 5.78 Å². The van der Waals surface area contributed by atoms with E-state index in [1.54, 1.807) is 0 Å². The Hall–Kier alpha value is -2.09. The summed E-state index contributed by atoms with van der Waals surface area (Å²) in [4.78, 5) is 13.2. The molecule has 0 spiro atoms. The molecular formula is C29H42O2. The van der Waals surface area contributed by atoms with Gasteiger partial charge >= 0.3 is 0 Å². The lowest BCUT2D eigenvalue weighted by molar-refractivity contribution is 0.0918. The van der Waals surface area contributed by atoms with Crippen molar-refractivity contribution in [1.82, 2.24) is 0 Å². The topological polar surface area (TPSA) is 26.3 Å². The van der Waals surface area contributed by atoms with E-state index in [9.17, 15) is 4.79 Å². The lowest BCUT2D eigenvalue weighted by Gasteiger charge is -2.23. The van der Waals surface area contributed by atoms with Gasteiger partial charge in [0.2, 0.25) is 0 Å². The summed E-state index contributed by atoms with van der Waals surface area (Å²) in [6, 6.07) is 10.8. The van der Waals surface area contributed by atoms with E-state index in [0.717, 1.165) is 16.9 Å². The van der Waals surface area contributed by atoms with Crippen LogP contribution in [0.4, 0.5) is 0 Å². The molecule has 0 bridgehead atoms. The molecule has 2 heteroatoms. The molecule has 2 nitrogen and oxygen atoms in total. The minimum atomic E-state index is 0.0522. The molecule has 0 aliphatic rings. The summed E-state index contributed by atoms with van der Waals surface area (Å²) in [6.45, 7) is 22.0. The summed E-state index contributed by atoms with van der Waals surface area (Å²) < 4.78 is 6.30. The van der Waals surface area contributed by atoms with Crippen LogP contribution in [0.25, 0.3) is 0 Å². The third-order valence-electron chi connectivity index (χ3n) is 6.09. The number of Topliss-reactive ketones (excluding diaryl/α,β-unsaturated/α-hetero) is 1. The fourth-order valence-electron chi connectivity index (χ4n) is 3.94. The Kier molecular flexibility index (Phi) is 8.51. The van der Waals surface area contributed by atoms with Gasteiger partial charge in [-0.15, -0.1) is 0 Å². The quantitative estimate of drug-likeness (QED) is 0.378. The standard InChI is InChI=1S/C29H42O2/c1-17(2)22-11-12-24(25(13-22)19(5)6)28(30)16-31-29-26(20(7)8)14-23(18(3)4)15-27(29)21(9)10/h11-15,17-21H,16H2,1-10H3. The molecule has 0 saturated carbocycles. The van der Waals surface area contributed by atoms with Crippen LogP contribution in [0.5, 0.6) is 5.75 Å². The predicted octanol–water partition coefficient (Wildman–Crippen LogP) is 8.57. The lowest BCUT2D eigenvalue weighted by atomic mass is 9.88. The summed E-state index contributed by atoms with van der Waals surface area (Å²) in [5.74, 6) is 2.80. The van der Waals surface area contributed by atoms with Crippen LogP contribution in [0.2, 0.25) is 0 Å². The highest BCUT2D eigenvalue weighted by atomic mass is 16.5. The van der Waals surface area contributed by atoms with Gasteiger partial charge in [0.05, 0.1) is 0 Å². The molecule has 0 fully saturated rings. The molecule has 0 atom stereocenters. The van der Waals surface area contributed by atoms with Crippen LogP contribution in [0.1, 0.15) is 137 Å². The van der Waals surface area contributed by atoms with Crippen molar-refractivity contribution in [3.8, 4) is 5.75 Å². The van der Waals surface area contributed by atoms with Gasteiger partial charge in [0.15, 0.2) is 12.4 Å². The number of benzene rings is 2. The molecule has 0 heterocycles. The van der Waals surface area contributed by atoms with Gasteiger partial charge in [0, 0.05) is 5.56 Å². The molecule has 170 valence electrons. The van der Waals surface area contributed by atoms with Crippen LogP contribution in [0.15, 0.2) is 30.3 Å².